The molecule has 4 aliphatic heterocycles. The average Bonchev–Trinajstić information content (AvgIpc) is 3.37. The Morgan fingerprint density at radius 1 is 0.936 bits per heavy atom. The lowest BCUT2D eigenvalue weighted by molar-refractivity contribution is -0.386. The molecule has 1 aromatic heterocycles. The van der Waals surface area contributed by atoms with E-state index < -0.39 is 22.3 Å². The van der Waals surface area contributed by atoms with Gasteiger partial charge in [-0.3, -0.25) is 34.2 Å². The highest BCUT2D eigenvalue weighted by molar-refractivity contribution is 6.18. The van der Waals surface area contributed by atoms with Crippen LogP contribution < -0.4 is 19.9 Å². The SMILES string of the molecule is COc1ccc2c(c1OC)C(=O)N1c3ccccc3C(=O)N(CCCCCC(=O)N3C[C@H]4C[C@@H](C3)c3ccc([N+](=O)[O-])c(=O)n3C4)[C@H]21. The quantitative estimate of drug-likeness (QED) is 0.193. The van der Waals surface area contributed by atoms with E-state index in [9.17, 15) is 29.3 Å². The van der Waals surface area contributed by atoms with Gasteiger partial charge in [-0.2, -0.15) is 0 Å². The van der Waals surface area contributed by atoms with E-state index >= 15 is 0 Å². The second kappa shape index (κ2) is 11.9. The number of benzene rings is 2. The van der Waals surface area contributed by atoms with Crippen LogP contribution in [0.5, 0.6) is 11.5 Å². The molecule has 1 saturated heterocycles. The van der Waals surface area contributed by atoms with Gasteiger partial charge >= 0.3 is 11.2 Å². The van der Waals surface area contributed by atoms with E-state index in [1.54, 1.807) is 40.1 Å². The maximum absolute atomic E-state index is 13.9. The predicted octanol–water partition coefficient (Wildman–Crippen LogP) is 4.09. The van der Waals surface area contributed by atoms with Crippen molar-refractivity contribution in [2.45, 2.75) is 50.7 Å². The second-order valence-electron chi connectivity index (χ2n) is 12.6. The van der Waals surface area contributed by atoms with Crippen LogP contribution in [0.2, 0.25) is 0 Å². The van der Waals surface area contributed by atoms with Crippen molar-refractivity contribution in [3.63, 3.8) is 0 Å². The molecule has 0 spiro atoms. The Labute approximate surface area is 270 Å². The molecule has 47 heavy (non-hydrogen) atoms. The lowest BCUT2D eigenvalue weighted by Crippen LogP contribution is -2.49. The summed E-state index contributed by atoms with van der Waals surface area (Å²) in [5.74, 6) is 0.443. The lowest BCUT2D eigenvalue weighted by Gasteiger charge is -2.42. The van der Waals surface area contributed by atoms with Crippen molar-refractivity contribution < 1.29 is 28.8 Å². The molecule has 3 amide bonds. The molecule has 2 aromatic carbocycles. The van der Waals surface area contributed by atoms with E-state index in [0.29, 0.717) is 85.7 Å². The van der Waals surface area contributed by atoms with Gasteiger partial charge in [-0.05, 0) is 49.4 Å². The van der Waals surface area contributed by atoms with Crippen molar-refractivity contribution >= 4 is 29.1 Å². The number of methoxy groups -OCH3 is 2. The Bertz CT molecular complexity index is 1870. The summed E-state index contributed by atoms with van der Waals surface area (Å²) in [6.45, 7) is 1.76. The van der Waals surface area contributed by atoms with Crippen molar-refractivity contribution in [3.05, 3.63) is 91.4 Å². The first-order valence-electron chi connectivity index (χ1n) is 15.9. The highest BCUT2D eigenvalue weighted by Crippen LogP contribution is 2.49. The number of likely N-dealkylation sites (tertiary alicyclic amines) is 1. The molecule has 0 unspecified atom stereocenters. The van der Waals surface area contributed by atoms with Gasteiger partial charge in [0.1, 0.15) is 6.17 Å². The molecule has 7 rings (SSSR count). The average molecular weight is 642 g/mol. The Morgan fingerprint density at radius 2 is 1.74 bits per heavy atom. The molecule has 5 heterocycles. The second-order valence-corrected chi connectivity index (χ2v) is 12.6. The van der Waals surface area contributed by atoms with Crippen molar-refractivity contribution in [2.75, 3.05) is 38.8 Å². The summed E-state index contributed by atoms with van der Waals surface area (Å²) in [6.07, 6.45) is 2.57. The lowest BCUT2D eigenvalue weighted by atomic mass is 9.83. The number of amides is 3. The van der Waals surface area contributed by atoms with E-state index in [0.717, 1.165) is 12.1 Å². The van der Waals surface area contributed by atoms with E-state index in [2.05, 4.69) is 0 Å². The van der Waals surface area contributed by atoms with Crippen LogP contribution in [-0.2, 0) is 11.3 Å². The molecule has 3 atom stereocenters. The number of fused-ring (bicyclic) bond motifs is 9. The first kappa shape index (κ1) is 30.5. The molecule has 244 valence electrons. The van der Waals surface area contributed by atoms with E-state index in [1.807, 2.05) is 17.0 Å². The number of rotatable bonds is 9. The van der Waals surface area contributed by atoms with Gasteiger partial charge in [0.05, 0.1) is 36.0 Å². The van der Waals surface area contributed by atoms with Crippen LogP contribution in [0.25, 0.3) is 0 Å². The zero-order chi connectivity index (χ0) is 33.0. The van der Waals surface area contributed by atoms with Gasteiger partial charge in [0.2, 0.25) is 5.91 Å². The van der Waals surface area contributed by atoms with Crippen molar-refractivity contribution in [1.82, 2.24) is 14.4 Å². The number of carbonyl (C=O) groups is 3. The minimum atomic E-state index is -0.646. The summed E-state index contributed by atoms with van der Waals surface area (Å²) in [6, 6.07) is 13.6. The fourth-order valence-electron chi connectivity index (χ4n) is 7.82. The summed E-state index contributed by atoms with van der Waals surface area (Å²) in [5.41, 5.74) is 1.83. The molecule has 13 nitrogen and oxygen atoms in total. The monoisotopic (exact) mass is 641 g/mol. The number of para-hydroxylation sites is 1. The third-order valence-electron chi connectivity index (χ3n) is 9.91. The zero-order valence-corrected chi connectivity index (χ0v) is 26.2. The molecular weight excluding hydrogens is 606 g/mol. The standard InChI is InChI=1S/C34H35N5O8/c1-46-27-14-11-23-29(30(27)47-2)34(43)38-25-9-6-5-8-22(25)32(41)36(31(23)38)15-7-3-4-10-28(40)35-17-20-16-21(19-35)24-12-13-26(39(44)45)33(42)37(24)18-20/h5-6,8-9,11-14,20-21,31H,3-4,7,10,15-19H2,1-2H3/t20-,21+,31+/m1/s1. The van der Waals surface area contributed by atoms with Gasteiger partial charge in [-0.25, -0.2) is 0 Å². The minimum Gasteiger partial charge on any atom is -0.493 e. The van der Waals surface area contributed by atoms with Crippen LogP contribution in [0.15, 0.2) is 53.3 Å². The van der Waals surface area contributed by atoms with Gasteiger partial charge in [-0.1, -0.05) is 24.6 Å². The Balaban J connectivity index is 1.01. The molecular formula is C34H35N5O8. The number of nitrogens with zero attached hydrogens (tertiary/aromatic N) is 5. The van der Waals surface area contributed by atoms with Gasteiger partial charge in [0, 0.05) is 55.8 Å². The third-order valence-corrected chi connectivity index (χ3v) is 9.91. The molecule has 3 aromatic rings. The van der Waals surface area contributed by atoms with E-state index in [1.165, 1.54) is 24.9 Å². The van der Waals surface area contributed by atoms with Gasteiger partial charge < -0.3 is 23.8 Å². The first-order chi connectivity index (χ1) is 22.7. The van der Waals surface area contributed by atoms with Crippen molar-refractivity contribution in [1.29, 1.82) is 0 Å². The number of ether oxygens (including phenoxy) is 2. The molecule has 0 saturated carbocycles. The normalized spacial score (nSPS) is 20.7. The Morgan fingerprint density at radius 3 is 2.51 bits per heavy atom. The topological polar surface area (TPSA) is 145 Å². The number of hydrogen-bond acceptors (Lipinski definition) is 8. The number of pyridine rings is 1. The Kier molecular flexibility index (Phi) is 7.69. The summed E-state index contributed by atoms with van der Waals surface area (Å²) in [7, 11) is 3.01. The molecule has 0 aliphatic carbocycles. The number of hydrogen-bond donors (Lipinski definition) is 0. The van der Waals surface area contributed by atoms with Crippen molar-refractivity contribution in [3.8, 4) is 11.5 Å². The summed E-state index contributed by atoms with van der Waals surface area (Å²) < 4.78 is 12.6. The summed E-state index contributed by atoms with van der Waals surface area (Å²) in [5, 5.41) is 11.2. The number of carbonyl (C=O) groups excluding carboxylic acids is 3. The van der Waals surface area contributed by atoms with Crippen molar-refractivity contribution in [2.24, 2.45) is 5.92 Å². The maximum atomic E-state index is 13.9. The zero-order valence-electron chi connectivity index (χ0n) is 26.2. The highest BCUT2D eigenvalue weighted by atomic mass is 16.6. The smallest absolute Gasteiger partial charge is 0.334 e. The molecule has 0 radical (unpaired) electrons. The fourth-order valence-corrected chi connectivity index (χ4v) is 7.82. The number of piperidine rings is 1. The van der Waals surface area contributed by atoms with Crippen LogP contribution in [0.4, 0.5) is 11.4 Å². The van der Waals surface area contributed by atoms with E-state index in [-0.39, 0.29) is 29.6 Å². The largest absolute Gasteiger partial charge is 0.493 e. The Hall–Kier alpha value is -5.20. The van der Waals surface area contributed by atoms with Gasteiger partial charge in [0.25, 0.3) is 11.8 Å². The summed E-state index contributed by atoms with van der Waals surface area (Å²) >= 11 is 0. The maximum Gasteiger partial charge on any atom is 0.334 e. The fraction of sp³-hybridized carbons (Fsp3) is 0.412. The van der Waals surface area contributed by atoms with Gasteiger partial charge in [0.15, 0.2) is 11.5 Å². The van der Waals surface area contributed by atoms with E-state index in [4.69, 9.17) is 9.47 Å². The first-order valence-corrected chi connectivity index (χ1v) is 15.9. The number of unbranched alkanes of at least 4 members (excludes halogenated alkanes) is 2. The van der Waals surface area contributed by atoms with Crippen LogP contribution in [0.3, 0.4) is 0 Å². The molecule has 1 fully saturated rings. The van der Waals surface area contributed by atoms with Crippen LogP contribution in [-0.4, -0.2) is 70.9 Å². The summed E-state index contributed by atoms with van der Waals surface area (Å²) in [4.78, 5) is 69.5. The van der Waals surface area contributed by atoms with Crippen LogP contribution >= 0.6 is 0 Å². The predicted molar refractivity (Wildman–Crippen MR) is 170 cm³/mol. The number of nitro groups is 1. The van der Waals surface area contributed by atoms with Crippen LogP contribution in [0, 0.1) is 16.0 Å². The molecule has 2 bridgehead atoms. The van der Waals surface area contributed by atoms with Crippen LogP contribution in [0.1, 0.15) is 76.2 Å². The number of aromatic nitrogens is 1. The molecule has 13 heteroatoms. The molecule has 0 N–H and O–H groups in total. The highest BCUT2D eigenvalue weighted by Gasteiger charge is 2.49. The molecule has 4 aliphatic rings. The third kappa shape index (κ3) is 4.91. The van der Waals surface area contributed by atoms with Gasteiger partial charge in [-0.15, -0.1) is 0 Å². The minimum absolute atomic E-state index is 0.0357. The number of anilines is 1.